The molecule has 0 radical (unpaired) electrons. The van der Waals surface area contributed by atoms with Gasteiger partial charge < -0.3 is 20.9 Å². The first kappa shape index (κ1) is 23.9. The van der Waals surface area contributed by atoms with Gasteiger partial charge in [0.25, 0.3) is 5.91 Å². The van der Waals surface area contributed by atoms with Gasteiger partial charge in [0.15, 0.2) is 0 Å². The zero-order chi connectivity index (χ0) is 24.7. The summed E-state index contributed by atoms with van der Waals surface area (Å²) in [6, 6.07) is 4.17. The van der Waals surface area contributed by atoms with Crippen LogP contribution in [0.15, 0.2) is 36.0 Å². The van der Waals surface area contributed by atoms with Crippen molar-refractivity contribution in [3.8, 4) is 10.6 Å². The van der Waals surface area contributed by atoms with Crippen molar-refractivity contribution < 1.29 is 23.4 Å². The van der Waals surface area contributed by atoms with E-state index in [1.165, 1.54) is 5.38 Å². The predicted octanol–water partition coefficient (Wildman–Crippen LogP) is 4.18. The topological polar surface area (TPSA) is 110 Å². The van der Waals surface area contributed by atoms with Crippen molar-refractivity contribution in [2.45, 2.75) is 43.7 Å². The monoisotopic (exact) mass is 500 g/mol. The van der Waals surface area contributed by atoms with Crippen LogP contribution in [-0.2, 0) is 10.3 Å². The van der Waals surface area contributed by atoms with E-state index in [9.17, 15) is 18.7 Å². The van der Waals surface area contributed by atoms with Gasteiger partial charge in [-0.25, -0.2) is 13.8 Å². The van der Waals surface area contributed by atoms with Gasteiger partial charge in [-0.1, -0.05) is 6.92 Å². The van der Waals surface area contributed by atoms with Gasteiger partial charge >= 0.3 is 0 Å². The number of halogens is 2. The van der Waals surface area contributed by atoms with E-state index < -0.39 is 23.1 Å². The summed E-state index contributed by atoms with van der Waals surface area (Å²) in [5, 5.41) is 14.7. The number of amides is 1. The van der Waals surface area contributed by atoms with Crippen molar-refractivity contribution >= 4 is 22.9 Å². The number of anilines is 1. The summed E-state index contributed by atoms with van der Waals surface area (Å²) in [6.45, 7) is 2.14. The highest BCUT2D eigenvalue weighted by atomic mass is 32.1. The molecule has 184 valence electrons. The number of nitrogens with zero attached hydrogens (tertiary/aromatic N) is 2. The molecule has 7 nitrogen and oxygen atoms in total. The summed E-state index contributed by atoms with van der Waals surface area (Å²) in [6.07, 6.45) is 6.06. The van der Waals surface area contributed by atoms with E-state index in [0.29, 0.717) is 11.6 Å². The number of pyridine rings is 1. The SMILES string of the molecule is C[C@@H]1C[C@H](N)C[C@H](c2ccncc2NC(=O)c2csc(-c3c(F)cc(C4(O)COC4)cc3F)n2)C1. The van der Waals surface area contributed by atoms with Crippen LogP contribution in [0.4, 0.5) is 14.5 Å². The Morgan fingerprint density at radius 1 is 1.26 bits per heavy atom. The molecular weight excluding hydrogens is 474 g/mol. The molecule has 1 aliphatic carbocycles. The zero-order valence-electron chi connectivity index (χ0n) is 19.1. The number of carbonyl (C=O) groups excluding carboxylic acids is 1. The first-order valence-electron chi connectivity index (χ1n) is 11.5. The molecule has 4 N–H and O–H groups in total. The molecule has 1 saturated carbocycles. The van der Waals surface area contributed by atoms with Crippen molar-refractivity contribution in [2.24, 2.45) is 11.7 Å². The number of ether oxygens (including phenoxy) is 1. The Bertz CT molecular complexity index is 1230. The molecule has 3 atom stereocenters. The smallest absolute Gasteiger partial charge is 0.275 e. The number of rotatable bonds is 5. The van der Waals surface area contributed by atoms with Crippen molar-refractivity contribution in [3.63, 3.8) is 0 Å². The molecule has 2 aliphatic rings. The molecule has 0 unspecified atom stereocenters. The Balaban J connectivity index is 1.37. The molecule has 0 bridgehead atoms. The van der Waals surface area contributed by atoms with Gasteiger partial charge in [0.1, 0.15) is 27.9 Å². The number of hydrogen-bond acceptors (Lipinski definition) is 7. The number of nitrogens with one attached hydrogen (secondary N) is 1. The number of aromatic nitrogens is 2. The van der Waals surface area contributed by atoms with Gasteiger partial charge in [0.05, 0.1) is 30.7 Å². The number of benzene rings is 1. The van der Waals surface area contributed by atoms with Crippen LogP contribution in [0, 0.1) is 17.6 Å². The number of carbonyl (C=O) groups is 1. The van der Waals surface area contributed by atoms with E-state index in [1.54, 1.807) is 12.4 Å². The van der Waals surface area contributed by atoms with E-state index in [-0.39, 0.29) is 47.0 Å². The van der Waals surface area contributed by atoms with Crippen LogP contribution in [0.25, 0.3) is 10.6 Å². The third-order valence-electron chi connectivity index (χ3n) is 6.73. The number of hydrogen-bond donors (Lipinski definition) is 3. The van der Waals surface area contributed by atoms with Crippen molar-refractivity contribution in [1.29, 1.82) is 0 Å². The summed E-state index contributed by atoms with van der Waals surface area (Å²) in [7, 11) is 0. The second kappa shape index (κ2) is 9.34. The molecule has 1 saturated heterocycles. The van der Waals surface area contributed by atoms with Crippen LogP contribution in [0.1, 0.15) is 53.7 Å². The normalized spacial score (nSPS) is 23.5. The van der Waals surface area contributed by atoms with Crippen LogP contribution >= 0.6 is 11.3 Å². The molecule has 1 aromatic carbocycles. The van der Waals surface area contributed by atoms with Crippen LogP contribution in [-0.4, -0.2) is 40.2 Å². The first-order chi connectivity index (χ1) is 16.7. The maximum Gasteiger partial charge on any atom is 0.275 e. The molecular formula is C25H26F2N4O3S. The second-order valence-electron chi connectivity index (χ2n) is 9.56. The second-order valence-corrected chi connectivity index (χ2v) is 10.4. The van der Waals surface area contributed by atoms with E-state index in [4.69, 9.17) is 10.5 Å². The Kier molecular flexibility index (Phi) is 6.39. The molecule has 3 aromatic rings. The van der Waals surface area contributed by atoms with E-state index in [2.05, 4.69) is 22.2 Å². The van der Waals surface area contributed by atoms with Crippen LogP contribution in [0.5, 0.6) is 0 Å². The average Bonchev–Trinajstić information content (AvgIpc) is 3.26. The van der Waals surface area contributed by atoms with Gasteiger partial charge in [0, 0.05) is 17.6 Å². The minimum Gasteiger partial charge on any atom is -0.380 e. The van der Waals surface area contributed by atoms with Gasteiger partial charge in [-0.15, -0.1) is 11.3 Å². The third kappa shape index (κ3) is 4.71. The molecule has 5 rings (SSSR count). The van der Waals surface area contributed by atoms with Gasteiger partial charge in [0.2, 0.25) is 0 Å². The largest absolute Gasteiger partial charge is 0.380 e. The minimum atomic E-state index is -1.39. The summed E-state index contributed by atoms with van der Waals surface area (Å²) >= 11 is 0.965. The Morgan fingerprint density at radius 2 is 2.00 bits per heavy atom. The molecule has 10 heteroatoms. The molecule has 1 amide bonds. The number of aliphatic hydroxyl groups is 1. The van der Waals surface area contributed by atoms with E-state index in [1.807, 2.05) is 6.07 Å². The fourth-order valence-corrected chi connectivity index (χ4v) is 5.81. The van der Waals surface area contributed by atoms with Crippen molar-refractivity contribution in [2.75, 3.05) is 18.5 Å². The van der Waals surface area contributed by atoms with E-state index >= 15 is 0 Å². The molecule has 35 heavy (non-hydrogen) atoms. The lowest BCUT2D eigenvalue weighted by Gasteiger charge is -2.36. The molecule has 2 aromatic heterocycles. The quantitative estimate of drug-likeness (QED) is 0.485. The van der Waals surface area contributed by atoms with Gasteiger partial charge in [-0.2, -0.15) is 0 Å². The lowest BCUT2D eigenvalue weighted by atomic mass is 9.76. The summed E-state index contributed by atoms with van der Waals surface area (Å²) in [4.78, 5) is 21.3. The number of thiazole rings is 1. The zero-order valence-corrected chi connectivity index (χ0v) is 19.9. The summed E-state index contributed by atoms with van der Waals surface area (Å²) in [5.74, 6) is -1.53. The molecule has 3 heterocycles. The Labute approximate surface area is 205 Å². The summed E-state index contributed by atoms with van der Waals surface area (Å²) in [5.41, 5.74) is 6.20. The first-order valence-corrected chi connectivity index (χ1v) is 12.4. The Morgan fingerprint density at radius 3 is 2.66 bits per heavy atom. The fourth-order valence-electron chi connectivity index (χ4n) is 4.96. The summed E-state index contributed by atoms with van der Waals surface area (Å²) < 4.78 is 34.6. The van der Waals surface area contributed by atoms with E-state index in [0.717, 1.165) is 48.3 Å². The van der Waals surface area contributed by atoms with Crippen molar-refractivity contribution in [1.82, 2.24) is 9.97 Å². The molecule has 1 aliphatic heterocycles. The standard InChI is InChI=1S/C25H26F2N4O3S/c1-13-4-14(6-16(28)5-13)17-2-3-29-9-20(17)30-23(32)21-10-35-24(31-21)22-18(26)7-15(8-19(22)27)25(33)11-34-12-25/h2-3,7-10,13-14,16,33H,4-6,11-12,28H2,1H3,(H,30,32)/t13-,14+,16-/m0/s1. The maximum atomic E-state index is 14.8. The lowest BCUT2D eigenvalue weighted by molar-refractivity contribution is -0.184. The lowest BCUT2D eigenvalue weighted by Crippen LogP contribution is -2.46. The molecule has 0 spiro atoms. The third-order valence-corrected chi connectivity index (χ3v) is 7.59. The minimum absolute atomic E-state index is 0.0190. The van der Waals surface area contributed by atoms with Crippen LogP contribution in [0.2, 0.25) is 0 Å². The van der Waals surface area contributed by atoms with Gasteiger partial charge in [-0.05, 0) is 60.4 Å². The van der Waals surface area contributed by atoms with Gasteiger partial charge in [-0.3, -0.25) is 9.78 Å². The van der Waals surface area contributed by atoms with Crippen LogP contribution < -0.4 is 11.1 Å². The maximum absolute atomic E-state index is 14.8. The van der Waals surface area contributed by atoms with Crippen molar-refractivity contribution in [3.05, 3.63) is 64.4 Å². The predicted molar refractivity (Wildman–Crippen MR) is 128 cm³/mol. The Hall–Kier alpha value is -2.79. The number of nitrogens with two attached hydrogens (primary N) is 1. The highest BCUT2D eigenvalue weighted by molar-refractivity contribution is 7.13. The fraction of sp³-hybridized carbons (Fsp3) is 0.400. The highest BCUT2D eigenvalue weighted by Gasteiger charge is 2.39. The highest BCUT2D eigenvalue weighted by Crippen LogP contribution is 2.39. The average molecular weight is 501 g/mol. The van der Waals surface area contributed by atoms with Crippen LogP contribution in [0.3, 0.4) is 0 Å². The molecule has 2 fully saturated rings.